The highest BCUT2D eigenvalue weighted by atomic mass is 16.5. The summed E-state index contributed by atoms with van der Waals surface area (Å²) in [5.74, 6) is -1.30. The van der Waals surface area contributed by atoms with Gasteiger partial charge in [-0.15, -0.1) is 0 Å². The number of carbonyl (C=O) groups excluding carboxylic acids is 3. The highest BCUT2D eigenvalue weighted by Gasteiger charge is 2.40. The molecule has 7 nitrogen and oxygen atoms in total. The number of cyclic esters (lactones) is 1. The molecule has 1 saturated carbocycles. The molecular weight excluding hydrogens is 516 g/mol. The molecule has 0 aromatic heterocycles. The molecule has 2 aromatic carbocycles. The largest absolute Gasteiger partial charge is 0.463 e. The van der Waals surface area contributed by atoms with Crippen LogP contribution in [0.4, 0.5) is 0 Å². The first-order valence-corrected chi connectivity index (χ1v) is 15.1. The summed E-state index contributed by atoms with van der Waals surface area (Å²) < 4.78 is 5.92. The molecule has 0 radical (unpaired) electrons. The molecule has 3 atom stereocenters. The van der Waals surface area contributed by atoms with Crippen LogP contribution in [0.5, 0.6) is 0 Å². The number of hydrogen-bond acceptors (Lipinski definition) is 5. The van der Waals surface area contributed by atoms with Gasteiger partial charge in [-0.25, -0.2) is 0 Å². The normalized spacial score (nSPS) is 24.9. The van der Waals surface area contributed by atoms with E-state index >= 15 is 0 Å². The summed E-state index contributed by atoms with van der Waals surface area (Å²) in [5, 5.41) is 13.3. The third kappa shape index (κ3) is 7.25. The van der Waals surface area contributed by atoms with Crippen molar-refractivity contribution >= 4 is 17.8 Å². The SMILES string of the molecule is O=C1NC2(CCCC2)COC(=O)C(Cc2ccccc2)CCC=CCC1CC(=O)N1Cc2ccccc2CC1CO. The average molecular weight is 559 g/mol. The molecule has 2 heterocycles. The zero-order valence-corrected chi connectivity index (χ0v) is 23.8. The van der Waals surface area contributed by atoms with Crippen LogP contribution in [0.2, 0.25) is 0 Å². The van der Waals surface area contributed by atoms with Crippen LogP contribution in [0.25, 0.3) is 0 Å². The summed E-state index contributed by atoms with van der Waals surface area (Å²) in [6.07, 6.45) is 10.5. The quantitative estimate of drug-likeness (QED) is 0.416. The maximum atomic E-state index is 13.7. The number of fused-ring (bicyclic) bond motifs is 1. The number of hydrogen-bond donors (Lipinski definition) is 2. The van der Waals surface area contributed by atoms with Gasteiger partial charge >= 0.3 is 5.97 Å². The number of benzene rings is 2. The number of ether oxygens (including phenoxy) is 1. The van der Waals surface area contributed by atoms with Crippen molar-refractivity contribution in [2.45, 2.75) is 82.3 Å². The Morgan fingerprint density at radius 3 is 2.46 bits per heavy atom. The highest BCUT2D eigenvalue weighted by molar-refractivity contribution is 5.86. The molecule has 2 amide bonds. The van der Waals surface area contributed by atoms with Gasteiger partial charge in [0.25, 0.3) is 0 Å². The predicted octanol–water partition coefficient (Wildman–Crippen LogP) is 4.51. The van der Waals surface area contributed by atoms with E-state index in [1.807, 2.05) is 66.7 Å². The van der Waals surface area contributed by atoms with E-state index in [0.29, 0.717) is 38.6 Å². The monoisotopic (exact) mass is 558 g/mol. The third-order valence-electron chi connectivity index (χ3n) is 9.05. The molecule has 5 rings (SSSR count). The number of aliphatic hydroxyl groups excluding tert-OH is 1. The van der Waals surface area contributed by atoms with Crippen LogP contribution in [-0.2, 0) is 38.5 Å². The summed E-state index contributed by atoms with van der Waals surface area (Å²) in [7, 11) is 0. The minimum atomic E-state index is -0.596. The van der Waals surface area contributed by atoms with E-state index in [-0.39, 0.29) is 49.4 Å². The second-order valence-corrected chi connectivity index (χ2v) is 12.0. The van der Waals surface area contributed by atoms with Crippen molar-refractivity contribution in [2.75, 3.05) is 13.2 Å². The summed E-state index contributed by atoms with van der Waals surface area (Å²) in [5.41, 5.74) is 2.75. The van der Waals surface area contributed by atoms with Gasteiger partial charge in [0.15, 0.2) is 0 Å². The van der Waals surface area contributed by atoms with E-state index in [2.05, 4.69) is 5.32 Å². The molecule has 1 fully saturated rings. The average Bonchev–Trinajstić information content (AvgIpc) is 3.46. The van der Waals surface area contributed by atoms with E-state index in [1.54, 1.807) is 4.90 Å². The van der Waals surface area contributed by atoms with Crippen LogP contribution in [-0.4, -0.2) is 52.6 Å². The van der Waals surface area contributed by atoms with Crippen LogP contribution in [0, 0.1) is 11.8 Å². The Hall–Kier alpha value is -3.45. The van der Waals surface area contributed by atoms with Crippen molar-refractivity contribution in [3.63, 3.8) is 0 Å². The topological polar surface area (TPSA) is 95.9 Å². The van der Waals surface area contributed by atoms with Gasteiger partial charge < -0.3 is 20.1 Å². The summed E-state index contributed by atoms with van der Waals surface area (Å²) >= 11 is 0. The van der Waals surface area contributed by atoms with Crippen molar-refractivity contribution < 1.29 is 24.2 Å². The Morgan fingerprint density at radius 2 is 1.71 bits per heavy atom. The highest BCUT2D eigenvalue weighted by Crippen LogP contribution is 2.32. The van der Waals surface area contributed by atoms with Crippen LogP contribution in [0.15, 0.2) is 66.7 Å². The predicted molar refractivity (Wildman–Crippen MR) is 157 cm³/mol. The fourth-order valence-electron chi connectivity index (χ4n) is 6.58. The lowest BCUT2D eigenvalue weighted by molar-refractivity contribution is -0.152. The summed E-state index contributed by atoms with van der Waals surface area (Å²) in [6, 6.07) is 17.7. The van der Waals surface area contributed by atoms with Gasteiger partial charge in [-0.05, 0) is 61.6 Å². The van der Waals surface area contributed by atoms with Gasteiger partial charge in [-0.2, -0.15) is 0 Å². The second kappa shape index (κ2) is 13.5. The standard InChI is InChI=1S/C34H42N2O5/c37-23-30-20-26-13-7-8-16-29(26)22-36(30)31(38)21-27-14-5-2-6-15-28(19-25-11-3-1-4-12-25)33(40)41-24-34(35-32(27)39)17-9-10-18-34/h1-5,7-8,11-13,16,27-28,30,37H,6,9-10,14-15,17-24H2,(H,35,39). The number of amides is 2. The zero-order chi connectivity index (χ0) is 28.7. The Morgan fingerprint density at radius 1 is 0.976 bits per heavy atom. The van der Waals surface area contributed by atoms with Crippen molar-refractivity contribution in [1.29, 1.82) is 0 Å². The molecule has 0 saturated heterocycles. The molecule has 7 heteroatoms. The van der Waals surface area contributed by atoms with Crippen molar-refractivity contribution in [2.24, 2.45) is 11.8 Å². The van der Waals surface area contributed by atoms with Crippen LogP contribution >= 0.6 is 0 Å². The maximum Gasteiger partial charge on any atom is 0.309 e. The Balaban J connectivity index is 1.32. The number of esters is 1. The van der Waals surface area contributed by atoms with Crippen LogP contribution < -0.4 is 5.32 Å². The number of allylic oxidation sites excluding steroid dienone is 2. The second-order valence-electron chi connectivity index (χ2n) is 12.0. The Bertz CT molecular complexity index is 1240. The zero-order valence-electron chi connectivity index (χ0n) is 23.8. The first kappa shape index (κ1) is 29.1. The minimum absolute atomic E-state index is 0.0708. The van der Waals surface area contributed by atoms with E-state index in [0.717, 1.165) is 42.4 Å². The number of aliphatic hydroxyl groups is 1. The fourth-order valence-corrected chi connectivity index (χ4v) is 6.58. The molecular formula is C34H42N2O5. The molecule has 1 aliphatic carbocycles. The molecule has 3 unspecified atom stereocenters. The molecule has 218 valence electrons. The van der Waals surface area contributed by atoms with E-state index < -0.39 is 11.5 Å². The molecule has 2 aliphatic heterocycles. The van der Waals surface area contributed by atoms with Crippen molar-refractivity contribution in [1.82, 2.24) is 10.2 Å². The van der Waals surface area contributed by atoms with Gasteiger partial charge in [0.1, 0.15) is 6.61 Å². The summed E-state index contributed by atoms with van der Waals surface area (Å²) in [4.78, 5) is 42.3. The van der Waals surface area contributed by atoms with Gasteiger partial charge in [0.05, 0.1) is 30.0 Å². The molecule has 2 N–H and O–H groups in total. The maximum absolute atomic E-state index is 13.7. The molecule has 0 bridgehead atoms. The number of rotatable bonds is 5. The molecule has 2 aromatic rings. The Labute approximate surface area is 243 Å². The smallest absolute Gasteiger partial charge is 0.309 e. The van der Waals surface area contributed by atoms with Crippen molar-refractivity contribution in [3.8, 4) is 0 Å². The lowest BCUT2D eigenvalue weighted by Gasteiger charge is -2.37. The van der Waals surface area contributed by atoms with E-state index in [1.165, 1.54) is 0 Å². The van der Waals surface area contributed by atoms with Gasteiger partial charge in [0, 0.05) is 13.0 Å². The van der Waals surface area contributed by atoms with E-state index in [9.17, 15) is 19.5 Å². The lowest BCUT2D eigenvalue weighted by atomic mass is 9.91. The van der Waals surface area contributed by atoms with Crippen LogP contribution in [0.1, 0.15) is 68.1 Å². The first-order chi connectivity index (χ1) is 20.0. The van der Waals surface area contributed by atoms with Gasteiger partial charge in [-0.1, -0.05) is 79.6 Å². The van der Waals surface area contributed by atoms with Gasteiger partial charge in [0.2, 0.25) is 11.8 Å². The first-order valence-electron chi connectivity index (χ1n) is 15.1. The third-order valence-corrected chi connectivity index (χ3v) is 9.05. The molecule has 41 heavy (non-hydrogen) atoms. The summed E-state index contributed by atoms with van der Waals surface area (Å²) in [6.45, 7) is 0.481. The van der Waals surface area contributed by atoms with Crippen molar-refractivity contribution in [3.05, 3.63) is 83.4 Å². The minimum Gasteiger partial charge on any atom is -0.463 e. The molecule has 3 aliphatic rings. The number of nitrogens with one attached hydrogen (secondary N) is 1. The lowest BCUT2D eigenvalue weighted by Crippen LogP contribution is -2.53. The Kier molecular flexibility index (Phi) is 9.55. The fraction of sp³-hybridized carbons (Fsp3) is 0.500. The number of carbonyl (C=O) groups is 3. The number of nitrogens with zero attached hydrogens (tertiary/aromatic N) is 1. The van der Waals surface area contributed by atoms with Crippen LogP contribution in [0.3, 0.4) is 0 Å². The molecule has 1 spiro atoms. The van der Waals surface area contributed by atoms with Gasteiger partial charge in [-0.3, -0.25) is 14.4 Å². The van der Waals surface area contributed by atoms with E-state index in [4.69, 9.17) is 4.74 Å².